The Bertz CT molecular complexity index is 784. The Labute approximate surface area is 161 Å². The van der Waals surface area contributed by atoms with Gasteiger partial charge in [-0.3, -0.25) is 4.79 Å². The van der Waals surface area contributed by atoms with E-state index in [4.69, 9.17) is 0 Å². The first-order chi connectivity index (χ1) is 13.1. The van der Waals surface area contributed by atoms with Gasteiger partial charge in [-0.25, -0.2) is 9.97 Å². The summed E-state index contributed by atoms with van der Waals surface area (Å²) < 4.78 is 0. The molecule has 0 bridgehead atoms. The number of amides is 1. The van der Waals surface area contributed by atoms with Crippen LogP contribution in [0.1, 0.15) is 41.6 Å². The predicted molar refractivity (Wildman–Crippen MR) is 110 cm³/mol. The maximum absolute atomic E-state index is 12.3. The summed E-state index contributed by atoms with van der Waals surface area (Å²) in [5, 5.41) is 2.94. The normalized spacial score (nSPS) is 14.3. The fourth-order valence-corrected chi connectivity index (χ4v) is 3.32. The van der Waals surface area contributed by atoms with E-state index < -0.39 is 0 Å². The van der Waals surface area contributed by atoms with Crippen LogP contribution in [0.2, 0.25) is 0 Å². The van der Waals surface area contributed by atoms with Gasteiger partial charge in [-0.2, -0.15) is 0 Å². The molecule has 0 radical (unpaired) electrons. The fraction of sp³-hybridized carbons (Fsp3) is 0.476. The fourth-order valence-electron chi connectivity index (χ4n) is 3.32. The minimum atomic E-state index is -0.117. The second kappa shape index (κ2) is 8.84. The van der Waals surface area contributed by atoms with Crippen molar-refractivity contribution in [3.05, 3.63) is 47.4 Å². The van der Waals surface area contributed by atoms with E-state index in [2.05, 4.69) is 63.2 Å². The van der Waals surface area contributed by atoms with Gasteiger partial charge in [-0.15, -0.1) is 0 Å². The number of anilines is 2. The van der Waals surface area contributed by atoms with Crippen LogP contribution in [0.3, 0.4) is 0 Å². The third kappa shape index (κ3) is 4.96. The van der Waals surface area contributed by atoms with Crippen LogP contribution >= 0.6 is 0 Å². The van der Waals surface area contributed by atoms with Crippen molar-refractivity contribution in [2.45, 2.75) is 33.6 Å². The van der Waals surface area contributed by atoms with Gasteiger partial charge in [0, 0.05) is 44.5 Å². The Morgan fingerprint density at radius 1 is 1.07 bits per heavy atom. The first-order valence-electron chi connectivity index (χ1n) is 9.77. The second-order valence-corrected chi connectivity index (χ2v) is 7.08. The molecule has 2 heterocycles. The van der Waals surface area contributed by atoms with Crippen molar-refractivity contribution in [3.63, 3.8) is 0 Å². The smallest absolute Gasteiger partial charge is 0.270 e. The van der Waals surface area contributed by atoms with E-state index in [0.717, 1.165) is 44.8 Å². The van der Waals surface area contributed by atoms with Crippen LogP contribution in [-0.4, -0.2) is 48.6 Å². The molecule has 1 aliphatic rings. The lowest BCUT2D eigenvalue weighted by atomic mass is 10.2. The number of nitrogens with one attached hydrogen (secondary N) is 1. The summed E-state index contributed by atoms with van der Waals surface area (Å²) in [5.41, 5.74) is 3.00. The predicted octanol–water partition coefficient (Wildman–Crippen LogP) is 2.95. The monoisotopic (exact) mass is 367 g/mol. The summed E-state index contributed by atoms with van der Waals surface area (Å²) in [5.74, 6) is 1.36. The number of aromatic nitrogens is 2. The zero-order valence-electron chi connectivity index (χ0n) is 16.5. The van der Waals surface area contributed by atoms with Crippen LogP contribution in [0, 0.1) is 13.8 Å². The largest absolute Gasteiger partial charge is 0.368 e. The van der Waals surface area contributed by atoms with Gasteiger partial charge < -0.3 is 15.1 Å². The maximum atomic E-state index is 12.3. The van der Waals surface area contributed by atoms with Gasteiger partial charge in [0.15, 0.2) is 0 Å². The molecule has 1 aliphatic heterocycles. The molecular formula is C21H29N5O. The van der Waals surface area contributed by atoms with E-state index in [1.807, 2.05) is 13.0 Å². The highest BCUT2D eigenvalue weighted by molar-refractivity contribution is 5.92. The van der Waals surface area contributed by atoms with E-state index in [-0.39, 0.29) is 5.91 Å². The van der Waals surface area contributed by atoms with Gasteiger partial charge in [0.05, 0.1) is 0 Å². The molecular weight excluding hydrogens is 338 g/mol. The number of nitrogens with zero attached hydrogens (tertiary/aromatic N) is 4. The first kappa shape index (κ1) is 19.1. The lowest BCUT2D eigenvalue weighted by Gasteiger charge is -2.37. The molecule has 1 aromatic heterocycles. The van der Waals surface area contributed by atoms with Gasteiger partial charge >= 0.3 is 0 Å². The molecule has 1 amide bonds. The average molecular weight is 367 g/mol. The van der Waals surface area contributed by atoms with Crippen molar-refractivity contribution in [3.8, 4) is 0 Å². The SMILES string of the molecule is CCCCNC(=O)c1cc(N2CCN(c3cccc(C)c3)CC2)nc(C)n1. The highest BCUT2D eigenvalue weighted by atomic mass is 16.1. The molecule has 0 unspecified atom stereocenters. The summed E-state index contributed by atoms with van der Waals surface area (Å²) in [6.07, 6.45) is 2.03. The van der Waals surface area contributed by atoms with Crippen LogP contribution in [0.25, 0.3) is 0 Å². The van der Waals surface area contributed by atoms with Crippen LogP contribution in [0.5, 0.6) is 0 Å². The molecule has 0 aliphatic carbocycles. The number of aryl methyl sites for hydroxylation is 2. The Morgan fingerprint density at radius 3 is 2.52 bits per heavy atom. The Hall–Kier alpha value is -2.63. The number of hydrogen-bond donors (Lipinski definition) is 1. The summed E-state index contributed by atoms with van der Waals surface area (Å²) in [4.78, 5) is 25.9. The van der Waals surface area contributed by atoms with Crippen LogP contribution in [-0.2, 0) is 0 Å². The molecule has 2 aromatic rings. The zero-order valence-corrected chi connectivity index (χ0v) is 16.5. The van der Waals surface area contributed by atoms with E-state index in [1.54, 1.807) is 0 Å². The average Bonchev–Trinajstić information content (AvgIpc) is 2.68. The highest BCUT2D eigenvalue weighted by Crippen LogP contribution is 2.20. The number of carbonyl (C=O) groups is 1. The minimum Gasteiger partial charge on any atom is -0.368 e. The summed E-state index contributed by atoms with van der Waals surface area (Å²) >= 11 is 0. The second-order valence-electron chi connectivity index (χ2n) is 7.08. The van der Waals surface area contributed by atoms with Gasteiger partial charge in [0.2, 0.25) is 0 Å². The molecule has 0 spiro atoms. The number of piperazine rings is 1. The first-order valence-corrected chi connectivity index (χ1v) is 9.77. The third-order valence-electron chi connectivity index (χ3n) is 4.84. The van der Waals surface area contributed by atoms with Crippen LogP contribution < -0.4 is 15.1 Å². The third-order valence-corrected chi connectivity index (χ3v) is 4.84. The topological polar surface area (TPSA) is 61.4 Å². The molecule has 1 aromatic carbocycles. The molecule has 27 heavy (non-hydrogen) atoms. The van der Waals surface area contributed by atoms with Crippen LogP contribution in [0.15, 0.2) is 30.3 Å². The zero-order chi connectivity index (χ0) is 19.2. The van der Waals surface area contributed by atoms with E-state index >= 15 is 0 Å². The molecule has 1 N–H and O–H groups in total. The summed E-state index contributed by atoms with van der Waals surface area (Å²) in [7, 11) is 0. The molecule has 0 saturated carbocycles. The Kier molecular flexibility index (Phi) is 6.27. The number of hydrogen-bond acceptors (Lipinski definition) is 5. The summed E-state index contributed by atoms with van der Waals surface area (Å²) in [6, 6.07) is 10.4. The Morgan fingerprint density at radius 2 is 1.81 bits per heavy atom. The quantitative estimate of drug-likeness (QED) is 0.796. The van der Waals surface area contributed by atoms with Crippen molar-refractivity contribution < 1.29 is 4.79 Å². The minimum absolute atomic E-state index is 0.117. The van der Waals surface area contributed by atoms with Crippen molar-refractivity contribution >= 4 is 17.4 Å². The van der Waals surface area contributed by atoms with Crippen molar-refractivity contribution in [1.29, 1.82) is 0 Å². The highest BCUT2D eigenvalue weighted by Gasteiger charge is 2.20. The van der Waals surface area contributed by atoms with Crippen LogP contribution in [0.4, 0.5) is 11.5 Å². The Balaban J connectivity index is 1.66. The van der Waals surface area contributed by atoms with Gasteiger partial charge in [0.25, 0.3) is 5.91 Å². The lowest BCUT2D eigenvalue weighted by Crippen LogP contribution is -2.47. The van der Waals surface area contributed by atoms with Crippen molar-refractivity contribution in [2.75, 3.05) is 42.5 Å². The molecule has 0 atom stereocenters. The standard InChI is InChI=1S/C21H29N5O/c1-4-5-9-22-21(27)19-15-20(24-17(3)23-19)26-12-10-25(11-13-26)18-8-6-7-16(2)14-18/h6-8,14-15H,4-5,9-13H2,1-3H3,(H,22,27). The van der Waals surface area contributed by atoms with Gasteiger partial charge in [-0.05, 0) is 38.0 Å². The maximum Gasteiger partial charge on any atom is 0.270 e. The lowest BCUT2D eigenvalue weighted by molar-refractivity contribution is 0.0947. The van der Waals surface area contributed by atoms with E-state index in [9.17, 15) is 4.79 Å². The van der Waals surface area contributed by atoms with Crippen molar-refractivity contribution in [1.82, 2.24) is 15.3 Å². The molecule has 1 fully saturated rings. The number of unbranched alkanes of at least 4 members (excludes halogenated alkanes) is 1. The molecule has 144 valence electrons. The van der Waals surface area contributed by atoms with Crippen molar-refractivity contribution in [2.24, 2.45) is 0 Å². The molecule has 3 rings (SSSR count). The summed E-state index contributed by atoms with van der Waals surface area (Å²) in [6.45, 7) is 10.4. The molecule has 6 nitrogen and oxygen atoms in total. The molecule has 6 heteroatoms. The molecule has 1 saturated heterocycles. The number of carbonyl (C=O) groups excluding carboxylic acids is 1. The number of benzene rings is 1. The van der Waals surface area contributed by atoms with E-state index in [1.165, 1.54) is 11.3 Å². The van der Waals surface area contributed by atoms with E-state index in [0.29, 0.717) is 18.1 Å². The number of rotatable bonds is 6. The van der Waals surface area contributed by atoms with Gasteiger partial charge in [0.1, 0.15) is 17.3 Å². The van der Waals surface area contributed by atoms with Gasteiger partial charge in [-0.1, -0.05) is 25.5 Å².